The van der Waals surface area contributed by atoms with Crippen LogP contribution in [0.4, 0.5) is 5.95 Å². The third kappa shape index (κ3) is 4.58. The average molecular weight is 293 g/mol. The average Bonchev–Trinajstić information content (AvgIpc) is 2.37. The first kappa shape index (κ1) is 15.5. The van der Waals surface area contributed by atoms with E-state index in [1.807, 2.05) is 26.8 Å². The van der Waals surface area contributed by atoms with Crippen molar-refractivity contribution in [1.82, 2.24) is 9.97 Å². The first-order chi connectivity index (χ1) is 9.94. The quantitative estimate of drug-likeness (QED) is 0.868. The molecular weight excluding hydrogens is 270 g/mol. The normalized spacial score (nSPS) is 22.1. The number of nitrogens with zero attached hydrogens (tertiary/aromatic N) is 2. The van der Waals surface area contributed by atoms with Gasteiger partial charge in [-0.1, -0.05) is 0 Å². The van der Waals surface area contributed by atoms with Crippen molar-refractivity contribution in [2.24, 2.45) is 5.92 Å². The number of aromatic nitrogens is 2. The van der Waals surface area contributed by atoms with Crippen LogP contribution in [0, 0.1) is 12.8 Å². The Morgan fingerprint density at radius 3 is 2.57 bits per heavy atom. The van der Waals surface area contributed by atoms with Gasteiger partial charge in [-0.25, -0.2) is 4.98 Å². The Bertz CT molecular complexity index is 497. The fourth-order valence-electron chi connectivity index (χ4n) is 2.57. The lowest BCUT2D eigenvalue weighted by Crippen LogP contribution is -2.30. The van der Waals surface area contributed by atoms with E-state index in [0.717, 1.165) is 18.5 Å². The fourth-order valence-corrected chi connectivity index (χ4v) is 2.57. The van der Waals surface area contributed by atoms with Crippen LogP contribution in [0.1, 0.15) is 45.2 Å². The van der Waals surface area contributed by atoms with Gasteiger partial charge in [0.05, 0.1) is 12.0 Å². The third-order valence-electron chi connectivity index (χ3n) is 3.60. The smallest absolute Gasteiger partial charge is 0.306 e. The van der Waals surface area contributed by atoms with Crippen molar-refractivity contribution in [2.45, 2.75) is 58.6 Å². The SMILES string of the molecule is Cc1cc(OC(C)C)nc(NC2CCC(C(=O)O)CC2)n1. The number of nitrogens with one attached hydrogen (secondary N) is 1. The Labute approximate surface area is 124 Å². The van der Waals surface area contributed by atoms with Crippen LogP contribution in [0.15, 0.2) is 6.07 Å². The molecular formula is C15H23N3O3. The molecule has 0 atom stereocenters. The molecule has 0 spiro atoms. The van der Waals surface area contributed by atoms with E-state index in [0.29, 0.717) is 24.7 Å². The Balaban J connectivity index is 1.97. The first-order valence-corrected chi connectivity index (χ1v) is 7.45. The number of ether oxygens (including phenoxy) is 1. The second-order valence-corrected chi connectivity index (χ2v) is 5.87. The maximum atomic E-state index is 10.9. The minimum absolute atomic E-state index is 0.0677. The van der Waals surface area contributed by atoms with Gasteiger partial charge < -0.3 is 15.2 Å². The zero-order chi connectivity index (χ0) is 15.4. The van der Waals surface area contributed by atoms with Gasteiger partial charge in [0.15, 0.2) is 0 Å². The van der Waals surface area contributed by atoms with Crippen LogP contribution in [0.25, 0.3) is 0 Å². The number of hydrogen-bond donors (Lipinski definition) is 2. The van der Waals surface area contributed by atoms with E-state index >= 15 is 0 Å². The topological polar surface area (TPSA) is 84.3 Å². The van der Waals surface area contributed by atoms with Gasteiger partial charge >= 0.3 is 5.97 Å². The molecule has 0 radical (unpaired) electrons. The van der Waals surface area contributed by atoms with Crippen LogP contribution in [0.5, 0.6) is 5.88 Å². The predicted molar refractivity (Wildman–Crippen MR) is 79.5 cm³/mol. The summed E-state index contributed by atoms with van der Waals surface area (Å²) < 4.78 is 5.60. The number of carbonyl (C=O) groups is 1. The highest BCUT2D eigenvalue weighted by atomic mass is 16.5. The monoisotopic (exact) mass is 293 g/mol. The Kier molecular flexibility index (Phi) is 4.98. The van der Waals surface area contributed by atoms with Crippen molar-refractivity contribution in [3.8, 4) is 5.88 Å². The molecule has 1 aromatic rings. The van der Waals surface area contributed by atoms with E-state index in [1.54, 1.807) is 0 Å². The number of carboxylic acids is 1. The van der Waals surface area contributed by atoms with Gasteiger partial charge in [0.2, 0.25) is 11.8 Å². The molecule has 6 nitrogen and oxygen atoms in total. The standard InChI is InChI=1S/C15H23N3O3/c1-9(2)21-13-8-10(3)16-15(18-13)17-12-6-4-11(5-7-12)14(19)20/h8-9,11-12H,4-7H2,1-3H3,(H,19,20)(H,16,17,18). The lowest BCUT2D eigenvalue weighted by molar-refractivity contribution is -0.142. The number of rotatable bonds is 5. The minimum Gasteiger partial charge on any atom is -0.481 e. The molecule has 1 fully saturated rings. The molecule has 1 saturated carbocycles. The summed E-state index contributed by atoms with van der Waals surface area (Å²) in [6.07, 6.45) is 3.13. The van der Waals surface area contributed by atoms with Crippen molar-refractivity contribution >= 4 is 11.9 Å². The molecule has 2 rings (SSSR count). The van der Waals surface area contributed by atoms with Crippen molar-refractivity contribution < 1.29 is 14.6 Å². The van der Waals surface area contributed by atoms with E-state index in [4.69, 9.17) is 9.84 Å². The molecule has 2 N–H and O–H groups in total. The second kappa shape index (κ2) is 6.74. The van der Waals surface area contributed by atoms with Gasteiger partial charge in [0.1, 0.15) is 0 Å². The zero-order valence-electron chi connectivity index (χ0n) is 12.8. The molecule has 21 heavy (non-hydrogen) atoms. The maximum Gasteiger partial charge on any atom is 0.306 e. The first-order valence-electron chi connectivity index (χ1n) is 7.45. The molecule has 116 valence electrons. The lowest BCUT2D eigenvalue weighted by Gasteiger charge is -2.27. The zero-order valence-corrected chi connectivity index (χ0v) is 12.8. The van der Waals surface area contributed by atoms with E-state index in [-0.39, 0.29) is 18.1 Å². The highest BCUT2D eigenvalue weighted by molar-refractivity contribution is 5.70. The number of aryl methyl sites for hydroxylation is 1. The molecule has 1 aromatic heterocycles. The van der Waals surface area contributed by atoms with Gasteiger partial charge in [-0.2, -0.15) is 4.98 Å². The summed E-state index contributed by atoms with van der Waals surface area (Å²) in [5.41, 5.74) is 0.849. The van der Waals surface area contributed by atoms with Crippen molar-refractivity contribution in [3.63, 3.8) is 0 Å². The van der Waals surface area contributed by atoms with E-state index in [1.165, 1.54) is 0 Å². The number of carboxylic acid groups (broad SMARTS) is 1. The largest absolute Gasteiger partial charge is 0.481 e. The molecule has 0 saturated heterocycles. The number of anilines is 1. The fraction of sp³-hybridized carbons (Fsp3) is 0.667. The number of hydrogen-bond acceptors (Lipinski definition) is 5. The highest BCUT2D eigenvalue weighted by Gasteiger charge is 2.26. The summed E-state index contributed by atoms with van der Waals surface area (Å²) in [6, 6.07) is 2.04. The van der Waals surface area contributed by atoms with E-state index in [2.05, 4.69) is 15.3 Å². The molecule has 0 bridgehead atoms. The summed E-state index contributed by atoms with van der Waals surface area (Å²) in [5, 5.41) is 12.3. The molecule has 0 unspecified atom stereocenters. The molecule has 0 aromatic carbocycles. The summed E-state index contributed by atoms with van der Waals surface area (Å²) in [5.74, 6) is 0.234. The van der Waals surface area contributed by atoms with Crippen LogP contribution in [-0.4, -0.2) is 33.2 Å². The van der Waals surface area contributed by atoms with E-state index in [9.17, 15) is 4.79 Å². The highest BCUT2D eigenvalue weighted by Crippen LogP contribution is 2.26. The van der Waals surface area contributed by atoms with Crippen molar-refractivity contribution in [3.05, 3.63) is 11.8 Å². The molecule has 1 aliphatic rings. The van der Waals surface area contributed by atoms with Crippen molar-refractivity contribution in [2.75, 3.05) is 5.32 Å². The van der Waals surface area contributed by atoms with Gasteiger partial charge in [-0.05, 0) is 46.5 Å². The van der Waals surface area contributed by atoms with Crippen LogP contribution < -0.4 is 10.1 Å². The van der Waals surface area contributed by atoms with Gasteiger partial charge in [-0.15, -0.1) is 0 Å². The van der Waals surface area contributed by atoms with Crippen molar-refractivity contribution in [1.29, 1.82) is 0 Å². The lowest BCUT2D eigenvalue weighted by atomic mass is 9.86. The Hall–Kier alpha value is -1.85. The number of aliphatic carboxylic acids is 1. The summed E-state index contributed by atoms with van der Waals surface area (Å²) in [7, 11) is 0. The van der Waals surface area contributed by atoms with Crippen LogP contribution >= 0.6 is 0 Å². The summed E-state index contributed by atoms with van der Waals surface area (Å²) in [4.78, 5) is 19.7. The van der Waals surface area contributed by atoms with Crippen LogP contribution in [-0.2, 0) is 4.79 Å². The van der Waals surface area contributed by atoms with Gasteiger partial charge in [0.25, 0.3) is 0 Å². The molecule has 1 heterocycles. The molecule has 0 amide bonds. The van der Waals surface area contributed by atoms with E-state index < -0.39 is 5.97 Å². The third-order valence-corrected chi connectivity index (χ3v) is 3.60. The minimum atomic E-state index is -0.687. The Morgan fingerprint density at radius 1 is 1.33 bits per heavy atom. The van der Waals surface area contributed by atoms with Crippen LogP contribution in [0.3, 0.4) is 0 Å². The van der Waals surface area contributed by atoms with Gasteiger partial charge in [0, 0.05) is 17.8 Å². The molecule has 6 heteroatoms. The van der Waals surface area contributed by atoms with Crippen LogP contribution in [0.2, 0.25) is 0 Å². The molecule has 0 aliphatic heterocycles. The Morgan fingerprint density at radius 2 is 2.00 bits per heavy atom. The second-order valence-electron chi connectivity index (χ2n) is 5.87. The predicted octanol–water partition coefficient (Wildman–Crippen LogP) is 2.63. The van der Waals surface area contributed by atoms with Gasteiger partial charge in [-0.3, -0.25) is 4.79 Å². The molecule has 1 aliphatic carbocycles. The summed E-state index contributed by atoms with van der Waals surface area (Å²) in [6.45, 7) is 5.82. The maximum absolute atomic E-state index is 10.9. The summed E-state index contributed by atoms with van der Waals surface area (Å²) >= 11 is 0.